The topological polar surface area (TPSA) is 84.2 Å². The van der Waals surface area contributed by atoms with Gasteiger partial charge in [-0.1, -0.05) is 0 Å². The maximum Gasteiger partial charge on any atom is 0.281 e. The van der Waals surface area contributed by atoms with Crippen LogP contribution in [0.1, 0.15) is 24.5 Å². The average Bonchev–Trinajstić information content (AvgIpc) is 3.01. The highest BCUT2D eigenvalue weighted by molar-refractivity contribution is 7.86. The van der Waals surface area contributed by atoms with E-state index in [1.807, 2.05) is 13.1 Å². The molecule has 1 atom stereocenters. The smallest absolute Gasteiger partial charge is 0.266 e. The first-order valence-electron chi connectivity index (χ1n) is 7.87. The first-order valence-corrected chi connectivity index (χ1v) is 9.27. The van der Waals surface area contributed by atoms with E-state index >= 15 is 0 Å². The van der Waals surface area contributed by atoms with Crippen LogP contribution < -0.4 is 0 Å². The van der Waals surface area contributed by atoms with Crippen molar-refractivity contribution in [1.82, 2.24) is 28.4 Å². The molecule has 2 aromatic rings. The van der Waals surface area contributed by atoms with Crippen molar-refractivity contribution in [2.45, 2.75) is 18.8 Å². The fourth-order valence-electron chi connectivity index (χ4n) is 2.93. The summed E-state index contributed by atoms with van der Waals surface area (Å²) >= 11 is 0. The summed E-state index contributed by atoms with van der Waals surface area (Å²) in [6, 6.07) is 1.88. The Bertz CT molecular complexity index is 800. The van der Waals surface area contributed by atoms with Crippen molar-refractivity contribution >= 4 is 10.2 Å². The van der Waals surface area contributed by atoms with Gasteiger partial charge in [0.05, 0.1) is 17.6 Å². The summed E-state index contributed by atoms with van der Waals surface area (Å²) in [6.45, 7) is 0.998. The third kappa shape index (κ3) is 3.19. The molecule has 1 aliphatic heterocycles. The lowest BCUT2D eigenvalue weighted by Gasteiger charge is -2.33. The molecule has 0 radical (unpaired) electrons. The number of hydrogen-bond donors (Lipinski definition) is 0. The van der Waals surface area contributed by atoms with Crippen molar-refractivity contribution < 1.29 is 8.42 Å². The van der Waals surface area contributed by atoms with Crippen LogP contribution in [0.3, 0.4) is 0 Å². The van der Waals surface area contributed by atoms with Gasteiger partial charge in [0.2, 0.25) is 0 Å². The highest BCUT2D eigenvalue weighted by atomic mass is 32.2. The Balaban J connectivity index is 1.78. The molecule has 1 aliphatic rings. The molecule has 0 aromatic carbocycles. The predicted octanol–water partition coefficient (Wildman–Crippen LogP) is 0.863. The molecule has 0 unspecified atom stereocenters. The van der Waals surface area contributed by atoms with Gasteiger partial charge < -0.3 is 0 Å². The fourth-order valence-corrected chi connectivity index (χ4v) is 4.12. The van der Waals surface area contributed by atoms with E-state index in [0.29, 0.717) is 13.1 Å². The molecule has 0 aliphatic carbocycles. The maximum atomic E-state index is 12.3. The van der Waals surface area contributed by atoms with Gasteiger partial charge in [0.25, 0.3) is 10.2 Å². The number of aromatic nitrogens is 4. The van der Waals surface area contributed by atoms with Crippen molar-refractivity contribution in [2.24, 2.45) is 7.05 Å². The highest BCUT2D eigenvalue weighted by Crippen LogP contribution is 2.28. The zero-order valence-corrected chi connectivity index (χ0v) is 14.9. The van der Waals surface area contributed by atoms with Crippen molar-refractivity contribution in [3.8, 4) is 11.4 Å². The lowest BCUT2D eigenvalue weighted by Crippen LogP contribution is -2.45. The molecule has 0 bridgehead atoms. The molecule has 8 nitrogen and oxygen atoms in total. The van der Waals surface area contributed by atoms with Crippen LogP contribution in [0.4, 0.5) is 0 Å². The van der Waals surface area contributed by atoms with Crippen LogP contribution in [0.5, 0.6) is 0 Å². The molecule has 0 saturated carbocycles. The van der Waals surface area contributed by atoms with E-state index in [0.717, 1.165) is 29.9 Å². The van der Waals surface area contributed by atoms with Crippen LogP contribution in [-0.4, -0.2) is 64.0 Å². The molecule has 1 saturated heterocycles. The number of hydrogen-bond acceptors (Lipinski definition) is 5. The first kappa shape index (κ1) is 17.0. The second-order valence-corrected chi connectivity index (χ2v) is 8.30. The zero-order valence-electron chi connectivity index (χ0n) is 14.1. The van der Waals surface area contributed by atoms with Crippen LogP contribution in [0.15, 0.2) is 24.7 Å². The summed E-state index contributed by atoms with van der Waals surface area (Å²) in [5, 5.41) is 4.13. The lowest BCUT2D eigenvalue weighted by atomic mass is 9.96. The van der Waals surface area contributed by atoms with E-state index in [4.69, 9.17) is 0 Å². The first-order chi connectivity index (χ1) is 11.4. The van der Waals surface area contributed by atoms with Crippen molar-refractivity contribution in [3.05, 3.63) is 30.4 Å². The van der Waals surface area contributed by atoms with Gasteiger partial charge >= 0.3 is 0 Å². The monoisotopic (exact) mass is 350 g/mol. The van der Waals surface area contributed by atoms with Crippen LogP contribution in [0.2, 0.25) is 0 Å². The zero-order chi connectivity index (χ0) is 17.3. The summed E-state index contributed by atoms with van der Waals surface area (Å²) in [6.07, 6.45) is 6.93. The number of aryl methyl sites for hydroxylation is 1. The molecular formula is C15H22N6O2S. The van der Waals surface area contributed by atoms with E-state index in [9.17, 15) is 8.42 Å². The molecule has 3 rings (SSSR count). The predicted molar refractivity (Wildman–Crippen MR) is 90.4 cm³/mol. The summed E-state index contributed by atoms with van der Waals surface area (Å²) in [7, 11) is 1.59. The molecule has 3 heterocycles. The Labute approximate surface area is 142 Å². The maximum absolute atomic E-state index is 12.3. The van der Waals surface area contributed by atoms with Crippen molar-refractivity contribution in [3.63, 3.8) is 0 Å². The second kappa shape index (κ2) is 6.58. The minimum absolute atomic E-state index is 0.0709. The molecule has 130 valence electrons. The van der Waals surface area contributed by atoms with E-state index in [1.165, 1.54) is 8.61 Å². The van der Waals surface area contributed by atoms with Crippen molar-refractivity contribution in [2.75, 3.05) is 27.2 Å². The Morgan fingerprint density at radius 1 is 1.25 bits per heavy atom. The highest BCUT2D eigenvalue weighted by Gasteiger charge is 2.31. The molecule has 9 heteroatoms. The molecule has 24 heavy (non-hydrogen) atoms. The lowest BCUT2D eigenvalue weighted by molar-refractivity contribution is 0.296. The number of piperidine rings is 1. The van der Waals surface area contributed by atoms with Gasteiger partial charge in [-0.05, 0) is 18.9 Å². The molecule has 0 amide bonds. The van der Waals surface area contributed by atoms with E-state index in [-0.39, 0.29) is 5.92 Å². The largest absolute Gasteiger partial charge is 0.281 e. The summed E-state index contributed by atoms with van der Waals surface area (Å²) in [5.41, 5.74) is 2.49. The van der Waals surface area contributed by atoms with Crippen molar-refractivity contribution in [1.29, 1.82) is 0 Å². The van der Waals surface area contributed by atoms with Gasteiger partial charge in [-0.3, -0.25) is 14.6 Å². The molecular weight excluding hydrogens is 328 g/mol. The van der Waals surface area contributed by atoms with Gasteiger partial charge in [0.1, 0.15) is 5.69 Å². The van der Waals surface area contributed by atoms with Gasteiger partial charge in [-0.2, -0.15) is 22.1 Å². The minimum atomic E-state index is -3.38. The second-order valence-electron chi connectivity index (χ2n) is 6.15. The van der Waals surface area contributed by atoms with Crippen LogP contribution in [-0.2, 0) is 17.3 Å². The molecule has 0 spiro atoms. The van der Waals surface area contributed by atoms with Gasteiger partial charge in [0, 0.05) is 52.5 Å². The Hall–Kier alpha value is -1.84. The summed E-state index contributed by atoms with van der Waals surface area (Å²) in [4.78, 5) is 9.00. The van der Waals surface area contributed by atoms with E-state index in [2.05, 4.69) is 15.1 Å². The average molecular weight is 350 g/mol. The standard InChI is InChI=1S/C15H22N6O2S/c1-19(2)24(22,23)21-8-4-5-12(11-21)13-9-17-14(10-16-13)15-6-7-18-20(15)3/h6-7,9-10,12H,4-5,8,11H2,1-3H3/t12-/m1/s1. The van der Waals surface area contributed by atoms with Crippen LogP contribution in [0.25, 0.3) is 11.4 Å². The SMILES string of the molecule is CN(C)S(=O)(=O)N1CCC[C@@H](c2cnc(-c3ccnn3C)cn2)C1. The quantitative estimate of drug-likeness (QED) is 0.817. The fraction of sp³-hybridized carbons (Fsp3) is 0.533. The van der Waals surface area contributed by atoms with Gasteiger partial charge in [-0.25, -0.2) is 0 Å². The Morgan fingerprint density at radius 2 is 2.04 bits per heavy atom. The summed E-state index contributed by atoms with van der Waals surface area (Å²) in [5.74, 6) is 0.0709. The Morgan fingerprint density at radius 3 is 2.62 bits per heavy atom. The van der Waals surface area contributed by atoms with Crippen LogP contribution in [0, 0.1) is 0 Å². The van der Waals surface area contributed by atoms with Crippen LogP contribution >= 0.6 is 0 Å². The van der Waals surface area contributed by atoms with Gasteiger partial charge in [0.15, 0.2) is 0 Å². The third-order valence-corrected chi connectivity index (χ3v) is 6.25. The molecule has 0 N–H and O–H groups in total. The normalized spacial score (nSPS) is 19.8. The Kier molecular flexibility index (Phi) is 4.66. The van der Waals surface area contributed by atoms with Gasteiger partial charge in [-0.15, -0.1) is 0 Å². The summed E-state index contributed by atoms with van der Waals surface area (Å²) < 4.78 is 29.2. The molecule has 2 aromatic heterocycles. The third-order valence-electron chi connectivity index (χ3n) is 4.35. The number of rotatable bonds is 4. The number of nitrogens with zero attached hydrogens (tertiary/aromatic N) is 6. The minimum Gasteiger partial charge on any atom is -0.266 e. The molecule has 1 fully saturated rings. The van der Waals surface area contributed by atoms with E-state index < -0.39 is 10.2 Å². The van der Waals surface area contributed by atoms with E-state index in [1.54, 1.807) is 37.4 Å².